The molecule has 0 unspecified atom stereocenters. The summed E-state index contributed by atoms with van der Waals surface area (Å²) in [6.45, 7) is 2.35. The maximum Gasteiger partial charge on any atom is 0.410 e. The number of carbonyl (C=O) groups is 1. The van der Waals surface area contributed by atoms with Gasteiger partial charge in [-0.1, -0.05) is 6.07 Å². The third-order valence-electron chi connectivity index (χ3n) is 4.50. The predicted molar refractivity (Wildman–Crippen MR) is 90.5 cm³/mol. The third-order valence-corrected chi connectivity index (χ3v) is 4.50. The molecule has 0 N–H and O–H groups in total. The van der Waals surface area contributed by atoms with Crippen LogP contribution in [0.5, 0.6) is 0 Å². The molecule has 2 aromatic rings. The van der Waals surface area contributed by atoms with Crippen molar-refractivity contribution in [1.29, 1.82) is 0 Å². The molecule has 150 valence electrons. The summed E-state index contributed by atoms with van der Waals surface area (Å²) in [5.41, 5.74) is -0.808. The van der Waals surface area contributed by atoms with Crippen molar-refractivity contribution in [2.75, 3.05) is 6.61 Å². The van der Waals surface area contributed by atoms with Gasteiger partial charge in [0.1, 0.15) is 18.1 Å². The van der Waals surface area contributed by atoms with Gasteiger partial charge in [-0.15, -0.1) is 0 Å². The van der Waals surface area contributed by atoms with E-state index in [4.69, 9.17) is 4.74 Å². The summed E-state index contributed by atoms with van der Waals surface area (Å²) in [6, 6.07) is 4.14. The molecule has 1 aliphatic rings. The lowest BCUT2D eigenvalue weighted by Gasteiger charge is -2.22. The van der Waals surface area contributed by atoms with Crippen molar-refractivity contribution in [3.8, 4) is 11.1 Å². The number of amides is 1. The largest absolute Gasteiger partial charge is 0.447 e. The quantitative estimate of drug-likeness (QED) is 0.642. The summed E-state index contributed by atoms with van der Waals surface area (Å²) in [4.78, 5) is 16.9. The molecule has 3 rings (SSSR count). The maximum absolute atomic E-state index is 14.0. The van der Waals surface area contributed by atoms with E-state index < -0.39 is 35.5 Å². The molecule has 0 spiro atoms. The van der Waals surface area contributed by atoms with Gasteiger partial charge in [-0.2, -0.15) is 8.78 Å². The molecule has 1 fully saturated rings. The normalized spacial score (nSPS) is 17.4. The van der Waals surface area contributed by atoms with Crippen molar-refractivity contribution >= 4 is 6.09 Å². The second-order valence-electron chi connectivity index (χ2n) is 6.71. The Morgan fingerprint density at radius 1 is 1.29 bits per heavy atom. The topological polar surface area (TPSA) is 42.4 Å². The Hall–Kier alpha value is -2.71. The first-order valence-corrected chi connectivity index (χ1v) is 8.46. The van der Waals surface area contributed by atoms with E-state index in [1.165, 1.54) is 17.0 Å². The molecule has 0 bridgehead atoms. The fraction of sp³-hybridized carbons (Fsp3) is 0.368. The van der Waals surface area contributed by atoms with Crippen LogP contribution < -0.4 is 0 Å². The van der Waals surface area contributed by atoms with E-state index in [9.17, 15) is 26.7 Å². The van der Waals surface area contributed by atoms with Gasteiger partial charge < -0.3 is 4.74 Å². The van der Waals surface area contributed by atoms with Crippen LogP contribution in [0.3, 0.4) is 0 Å². The minimum atomic E-state index is -3.28. The van der Waals surface area contributed by atoms with Crippen LogP contribution in [0, 0.1) is 5.82 Å². The first-order valence-electron chi connectivity index (χ1n) is 8.46. The second-order valence-corrected chi connectivity index (χ2v) is 6.71. The zero-order valence-electron chi connectivity index (χ0n) is 15.1. The summed E-state index contributed by atoms with van der Waals surface area (Å²) in [6.07, 6.45) is -2.54. The molecule has 0 radical (unpaired) electrons. The highest BCUT2D eigenvalue weighted by Crippen LogP contribution is 2.34. The number of rotatable bonds is 5. The zero-order valence-corrected chi connectivity index (χ0v) is 15.1. The monoisotopic (exact) mass is 400 g/mol. The Kier molecular flexibility index (Phi) is 5.27. The SMILES string of the molecule is C[C@@H]1COC(=O)N1Cc1cc(-c2ccc(F)c(C(F)F)c2)cnc1C(C)(F)F. The number of pyridine rings is 1. The Labute approximate surface area is 157 Å². The van der Waals surface area contributed by atoms with Crippen molar-refractivity contribution < 1.29 is 31.5 Å². The maximum atomic E-state index is 14.0. The number of cyclic esters (lactones) is 1. The average molecular weight is 400 g/mol. The fourth-order valence-corrected chi connectivity index (χ4v) is 3.02. The van der Waals surface area contributed by atoms with Crippen LogP contribution in [0.15, 0.2) is 30.5 Å². The first-order chi connectivity index (χ1) is 13.1. The Bertz CT molecular complexity index is 898. The number of hydrogen-bond acceptors (Lipinski definition) is 3. The van der Waals surface area contributed by atoms with Crippen LogP contribution in [0.2, 0.25) is 0 Å². The summed E-state index contributed by atoms with van der Waals surface area (Å²) >= 11 is 0. The zero-order chi connectivity index (χ0) is 20.6. The summed E-state index contributed by atoms with van der Waals surface area (Å²) in [5, 5.41) is 0. The number of alkyl halides is 4. The van der Waals surface area contributed by atoms with Crippen molar-refractivity contribution in [3.63, 3.8) is 0 Å². The Morgan fingerprint density at radius 3 is 2.57 bits per heavy atom. The van der Waals surface area contributed by atoms with Gasteiger partial charge in [-0.3, -0.25) is 9.88 Å². The van der Waals surface area contributed by atoms with Crippen molar-refractivity contribution in [2.24, 2.45) is 0 Å². The molecular formula is C19H17F5N2O2. The molecule has 28 heavy (non-hydrogen) atoms. The van der Waals surface area contributed by atoms with Crippen LogP contribution in [-0.2, 0) is 17.2 Å². The summed E-state index contributed by atoms with van der Waals surface area (Å²) in [7, 11) is 0. The van der Waals surface area contributed by atoms with Crippen LogP contribution in [-0.4, -0.2) is 28.6 Å². The van der Waals surface area contributed by atoms with E-state index in [1.807, 2.05) is 0 Å². The van der Waals surface area contributed by atoms with E-state index in [2.05, 4.69) is 4.98 Å². The molecule has 1 aliphatic heterocycles. The molecule has 9 heteroatoms. The van der Waals surface area contributed by atoms with Gasteiger partial charge >= 0.3 is 6.09 Å². The smallest absolute Gasteiger partial charge is 0.410 e. The fourth-order valence-electron chi connectivity index (χ4n) is 3.02. The van der Waals surface area contributed by atoms with Gasteiger partial charge in [0, 0.05) is 18.7 Å². The highest BCUT2D eigenvalue weighted by molar-refractivity contribution is 5.70. The number of benzene rings is 1. The lowest BCUT2D eigenvalue weighted by Crippen LogP contribution is -2.31. The van der Waals surface area contributed by atoms with Crippen molar-refractivity contribution in [3.05, 3.63) is 53.1 Å². The highest BCUT2D eigenvalue weighted by atomic mass is 19.3. The molecule has 2 heterocycles. The van der Waals surface area contributed by atoms with Gasteiger partial charge in [0.25, 0.3) is 12.3 Å². The van der Waals surface area contributed by atoms with E-state index >= 15 is 0 Å². The minimum Gasteiger partial charge on any atom is -0.447 e. The average Bonchev–Trinajstić information content (AvgIpc) is 2.93. The van der Waals surface area contributed by atoms with Crippen molar-refractivity contribution in [1.82, 2.24) is 9.88 Å². The molecule has 1 saturated heterocycles. The molecule has 0 saturated carbocycles. The standard InChI is InChI=1S/C19H17F5N2O2/c1-10-9-28-18(27)26(10)8-13-5-12(7-25-16(13)19(2,23)24)11-3-4-15(20)14(6-11)17(21)22/h3-7,10,17H,8-9H2,1-2H3/t10-/m1/s1. The summed E-state index contributed by atoms with van der Waals surface area (Å²) < 4.78 is 72.4. The molecule has 1 aromatic carbocycles. The number of nitrogens with zero attached hydrogens (tertiary/aromatic N) is 2. The number of carbonyl (C=O) groups excluding carboxylic acids is 1. The minimum absolute atomic E-state index is 0.0543. The molecular weight excluding hydrogens is 383 g/mol. The van der Waals surface area contributed by atoms with Crippen LogP contribution in [0.1, 0.15) is 37.1 Å². The van der Waals surface area contributed by atoms with Gasteiger partial charge in [-0.25, -0.2) is 18.0 Å². The predicted octanol–water partition coefficient (Wildman–Crippen LogP) is 5.28. The van der Waals surface area contributed by atoms with Crippen LogP contribution >= 0.6 is 0 Å². The van der Waals surface area contributed by atoms with Gasteiger partial charge in [0.2, 0.25) is 0 Å². The lowest BCUT2D eigenvalue weighted by molar-refractivity contribution is 0.0111. The molecule has 0 aliphatic carbocycles. The number of hydrogen-bond donors (Lipinski definition) is 0. The van der Waals surface area contributed by atoms with Crippen molar-refractivity contribution in [2.45, 2.75) is 38.8 Å². The van der Waals surface area contributed by atoms with Gasteiger partial charge in [0.15, 0.2) is 0 Å². The molecule has 4 nitrogen and oxygen atoms in total. The molecule has 1 amide bonds. The van der Waals surface area contributed by atoms with Crippen LogP contribution in [0.4, 0.5) is 26.7 Å². The van der Waals surface area contributed by atoms with E-state index in [-0.39, 0.29) is 35.9 Å². The first kappa shape index (κ1) is 20.0. The Balaban J connectivity index is 2.05. The van der Waals surface area contributed by atoms with Gasteiger partial charge in [-0.05, 0) is 36.2 Å². The summed E-state index contributed by atoms with van der Waals surface area (Å²) in [5.74, 6) is -4.34. The number of ether oxygens (including phenoxy) is 1. The van der Waals surface area contributed by atoms with E-state index in [0.717, 1.165) is 18.3 Å². The highest BCUT2D eigenvalue weighted by Gasteiger charge is 2.34. The van der Waals surface area contributed by atoms with E-state index in [1.54, 1.807) is 6.92 Å². The number of halogens is 5. The van der Waals surface area contributed by atoms with Crippen LogP contribution in [0.25, 0.3) is 11.1 Å². The molecule has 1 aromatic heterocycles. The Morgan fingerprint density at radius 2 is 2.00 bits per heavy atom. The third kappa shape index (κ3) is 3.93. The lowest BCUT2D eigenvalue weighted by atomic mass is 10.00. The second kappa shape index (κ2) is 7.37. The van der Waals surface area contributed by atoms with Gasteiger partial charge in [0.05, 0.1) is 18.2 Å². The molecule has 1 atom stereocenters. The van der Waals surface area contributed by atoms with E-state index in [0.29, 0.717) is 6.92 Å². The number of aromatic nitrogens is 1.